The van der Waals surface area contributed by atoms with Gasteiger partial charge in [0.25, 0.3) is 0 Å². The molecule has 0 rings (SSSR count). The summed E-state index contributed by atoms with van der Waals surface area (Å²) in [5.41, 5.74) is 0. The van der Waals surface area contributed by atoms with Crippen molar-refractivity contribution in [1.29, 1.82) is 0 Å². The second-order valence-corrected chi connectivity index (χ2v) is 20.6. The van der Waals surface area contributed by atoms with Crippen LogP contribution in [0.1, 0.15) is 297 Å². The van der Waals surface area contributed by atoms with Crippen LogP contribution in [-0.4, -0.2) is 37.2 Å². The maximum absolute atomic E-state index is 12.9. The number of carbonyl (C=O) groups is 3. The molecule has 1 atom stereocenters. The summed E-state index contributed by atoms with van der Waals surface area (Å²) in [5.74, 6) is -0.913. The van der Waals surface area contributed by atoms with Crippen molar-refractivity contribution in [2.75, 3.05) is 13.2 Å². The SMILES string of the molecule is CC/C=C\C/C=C\C/C=C\C/C=C\CCCCCCCCC(=O)OCC(COC(=O)CCCCCCCCC/C=C\CCCCCCCCC)OC(=O)CCCCCCCC/C=C\C/C=C\C/C=C\CCCCC. The first-order valence-corrected chi connectivity index (χ1v) is 31.2. The number of unbranched alkanes of at least 4 members (excludes halogenated alkanes) is 29. The van der Waals surface area contributed by atoms with Gasteiger partial charge in [-0.1, -0.05) is 253 Å². The molecule has 1 unspecified atom stereocenters. The van der Waals surface area contributed by atoms with Gasteiger partial charge in [0.1, 0.15) is 13.2 Å². The van der Waals surface area contributed by atoms with Crippen LogP contribution >= 0.6 is 0 Å². The van der Waals surface area contributed by atoms with E-state index in [1.165, 1.54) is 135 Å². The molecule has 0 spiro atoms. The number of allylic oxidation sites excluding steroid dienone is 16. The highest BCUT2D eigenvalue weighted by atomic mass is 16.6. The van der Waals surface area contributed by atoms with Gasteiger partial charge < -0.3 is 14.2 Å². The van der Waals surface area contributed by atoms with Crippen molar-refractivity contribution >= 4 is 17.9 Å². The fourth-order valence-electron chi connectivity index (χ4n) is 8.61. The van der Waals surface area contributed by atoms with Gasteiger partial charge in [0.2, 0.25) is 0 Å². The fourth-order valence-corrected chi connectivity index (χ4v) is 8.61. The van der Waals surface area contributed by atoms with Crippen LogP contribution in [0, 0.1) is 0 Å². The topological polar surface area (TPSA) is 78.9 Å². The van der Waals surface area contributed by atoms with E-state index in [-0.39, 0.29) is 31.1 Å². The average Bonchev–Trinajstić information content (AvgIpc) is 3.40. The third-order valence-corrected chi connectivity index (χ3v) is 13.3. The standard InChI is InChI=1S/C68H116O6/c1-4-7-10-13-16-19-22-25-28-31-34-37-40-43-46-49-52-55-58-61-67(70)73-64-65(63-72-66(69)60-57-54-51-48-45-42-39-36-33-30-27-24-21-18-15-12-9-6-3)74-68(71)62-59-56-53-50-47-44-41-38-35-32-29-26-23-20-17-14-11-8-5-2/h7,10,16-17,19-20,25-26,28-30,33-35,37-38,65H,4-6,8-9,11-15,18,21-24,27,31-32,36,39-64H2,1-3H3/b10-7-,19-16-,20-17-,28-25-,29-26-,33-30-,37-34-,38-35-. The van der Waals surface area contributed by atoms with Crippen LogP contribution < -0.4 is 0 Å². The van der Waals surface area contributed by atoms with Gasteiger partial charge in [0, 0.05) is 19.3 Å². The molecule has 0 aliphatic heterocycles. The van der Waals surface area contributed by atoms with Gasteiger partial charge in [-0.2, -0.15) is 0 Å². The van der Waals surface area contributed by atoms with Crippen molar-refractivity contribution in [2.45, 2.75) is 303 Å². The summed E-state index contributed by atoms with van der Waals surface area (Å²) in [4.78, 5) is 38.3. The summed E-state index contributed by atoms with van der Waals surface area (Å²) >= 11 is 0. The van der Waals surface area contributed by atoms with Crippen LogP contribution in [0.15, 0.2) is 97.2 Å². The molecule has 0 radical (unpaired) electrons. The molecule has 0 aromatic heterocycles. The average molecular weight is 1030 g/mol. The van der Waals surface area contributed by atoms with Crippen LogP contribution in [0.2, 0.25) is 0 Å². The predicted molar refractivity (Wildman–Crippen MR) is 320 cm³/mol. The van der Waals surface area contributed by atoms with Gasteiger partial charge >= 0.3 is 17.9 Å². The van der Waals surface area contributed by atoms with Crippen molar-refractivity contribution < 1.29 is 28.6 Å². The predicted octanol–water partition coefficient (Wildman–Crippen LogP) is 21.3. The van der Waals surface area contributed by atoms with Gasteiger partial charge in [0.15, 0.2) is 6.10 Å². The van der Waals surface area contributed by atoms with Crippen molar-refractivity contribution in [3.8, 4) is 0 Å². The molecule has 0 aromatic carbocycles. The van der Waals surface area contributed by atoms with Crippen LogP contribution in [0.3, 0.4) is 0 Å². The number of carbonyl (C=O) groups excluding carboxylic acids is 3. The number of rotatable bonds is 56. The van der Waals surface area contributed by atoms with E-state index in [0.29, 0.717) is 19.3 Å². The summed E-state index contributed by atoms with van der Waals surface area (Å²) in [6.45, 7) is 6.49. The highest BCUT2D eigenvalue weighted by Gasteiger charge is 2.19. The molecule has 0 bridgehead atoms. The summed E-state index contributed by atoms with van der Waals surface area (Å²) in [7, 11) is 0. The summed E-state index contributed by atoms with van der Waals surface area (Å²) in [5, 5.41) is 0. The quantitative estimate of drug-likeness (QED) is 0.0261. The molecule has 0 heterocycles. The Bertz CT molecular complexity index is 1460. The van der Waals surface area contributed by atoms with Crippen molar-refractivity contribution in [2.24, 2.45) is 0 Å². The molecule has 0 saturated carbocycles. The fraction of sp³-hybridized carbons (Fsp3) is 0.721. The summed E-state index contributed by atoms with van der Waals surface area (Å²) in [6.07, 6.45) is 82.5. The molecular weight excluding hydrogens is 913 g/mol. The maximum atomic E-state index is 12.9. The Morgan fingerprint density at radius 2 is 0.527 bits per heavy atom. The molecule has 6 heteroatoms. The minimum atomic E-state index is -0.795. The van der Waals surface area contributed by atoms with Gasteiger partial charge in [-0.25, -0.2) is 0 Å². The lowest BCUT2D eigenvalue weighted by Gasteiger charge is -2.18. The van der Waals surface area contributed by atoms with E-state index in [9.17, 15) is 14.4 Å². The molecule has 0 aliphatic carbocycles. The van der Waals surface area contributed by atoms with Crippen LogP contribution in [0.25, 0.3) is 0 Å². The zero-order chi connectivity index (χ0) is 53.6. The minimum absolute atomic E-state index is 0.0898. The molecule has 0 aliphatic rings. The Hall–Kier alpha value is -3.67. The number of esters is 3. The normalized spacial score (nSPS) is 12.7. The Kier molecular flexibility index (Phi) is 58.8. The Morgan fingerprint density at radius 3 is 0.865 bits per heavy atom. The van der Waals surface area contributed by atoms with E-state index >= 15 is 0 Å². The molecule has 74 heavy (non-hydrogen) atoms. The smallest absolute Gasteiger partial charge is 0.306 e. The van der Waals surface area contributed by atoms with Crippen molar-refractivity contribution in [3.05, 3.63) is 97.2 Å². The summed E-state index contributed by atoms with van der Waals surface area (Å²) < 4.78 is 16.9. The van der Waals surface area contributed by atoms with Crippen molar-refractivity contribution in [3.63, 3.8) is 0 Å². The van der Waals surface area contributed by atoms with Gasteiger partial charge in [-0.15, -0.1) is 0 Å². The Morgan fingerprint density at radius 1 is 0.284 bits per heavy atom. The molecule has 6 nitrogen and oxygen atoms in total. The molecule has 0 fully saturated rings. The first-order chi connectivity index (χ1) is 36.5. The third kappa shape index (κ3) is 59.2. The highest BCUT2D eigenvalue weighted by Crippen LogP contribution is 2.15. The second kappa shape index (κ2) is 61.9. The van der Waals surface area contributed by atoms with E-state index in [2.05, 4.69) is 118 Å². The van der Waals surface area contributed by atoms with E-state index in [0.717, 1.165) is 122 Å². The van der Waals surface area contributed by atoms with Gasteiger partial charge in [0.05, 0.1) is 0 Å². The lowest BCUT2D eigenvalue weighted by molar-refractivity contribution is -0.167. The van der Waals surface area contributed by atoms with Crippen LogP contribution in [0.5, 0.6) is 0 Å². The minimum Gasteiger partial charge on any atom is -0.462 e. The Balaban J connectivity index is 4.45. The summed E-state index contributed by atoms with van der Waals surface area (Å²) in [6, 6.07) is 0. The molecule has 0 N–H and O–H groups in total. The number of hydrogen-bond acceptors (Lipinski definition) is 6. The molecule has 0 amide bonds. The van der Waals surface area contributed by atoms with E-state index in [1.807, 2.05) is 0 Å². The van der Waals surface area contributed by atoms with E-state index in [1.54, 1.807) is 0 Å². The lowest BCUT2D eigenvalue weighted by Crippen LogP contribution is -2.30. The molecule has 0 aromatic rings. The Labute approximate surface area is 457 Å². The van der Waals surface area contributed by atoms with Crippen LogP contribution in [-0.2, 0) is 28.6 Å². The maximum Gasteiger partial charge on any atom is 0.306 e. The molecule has 0 saturated heterocycles. The van der Waals surface area contributed by atoms with Gasteiger partial charge in [-0.05, 0) is 122 Å². The molecular formula is C68H116O6. The van der Waals surface area contributed by atoms with E-state index < -0.39 is 6.10 Å². The zero-order valence-corrected chi connectivity index (χ0v) is 48.6. The molecule has 424 valence electrons. The highest BCUT2D eigenvalue weighted by molar-refractivity contribution is 5.71. The van der Waals surface area contributed by atoms with Crippen molar-refractivity contribution in [1.82, 2.24) is 0 Å². The third-order valence-electron chi connectivity index (χ3n) is 13.3. The number of hydrogen-bond donors (Lipinski definition) is 0. The zero-order valence-electron chi connectivity index (χ0n) is 48.6. The largest absolute Gasteiger partial charge is 0.462 e. The van der Waals surface area contributed by atoms with E-state index in [4.69, 9.17) is 14.2 Å². The lowest BCUT2D eigenvalue weighted by atomic mass is 10.1. The monoisotopic (exact) mass is 1030 g/mol. The van der Waals surface area contributed by atoms with Crippen LogP contribution in [0.4, 0.5) is 0 Å². The second-order valence-electron chi connectivity index (χ2n) is 20.6. The first kappa shape index (κ1) is 70.3. The van der Waals surface area contributed by atoms with Gasteiger partial charge in [-0.3, -0.25) is 14.4 Å². The first-order valence-electron chi connectivity index (χ1n) is 31.2. The number of ether oxygens (including phenoxy) is 3.